The zero-order valence-corrected chi connectivity index (χ0v) is 11.8. The summed E-state index contributed by atoms with van der Waals surface area (Å²) in [5.41, 5.74) is 0.0298. The Hall–Kier alpha value is -1.75. The van der Waals surface area contributed by atoms with Crippen molar-refractivity contribution in [3.8, 4) is 0 Å². The van der Waals surface area contributed by atoms with Crippen molar-refractivity contribution < 1.29 is 9.18 Å². The van der Waals surface area contributed by atoms with E-state index in [4.69, 9.17) is 0 Å². The number of hydrogen-bond acceptors (Lipinski definition) is 3. The van der Waals surface area contributed by atoms with Crippen molar-refractivity contribution >= 4 is 17.2 Å². The predicted molar refractivity (Wildman–Crippen MR) is 73.7 cm³/mol. The maximum absolute atomic E-state index is 13.8. The molecule has 2 aromatic rings. The van der Waals surface area contributed by atoms with Crippen LogP contribution in [-0.2, 0) is 5.54 Å². The van der Waals surface area contributed by atoms with Gasteiger partial charge in [-0.1, -0.05) is 18.2 Å². The summed E-state index contributed by atoms with van der Waals surface area (Å²) in [4.78, 5) is 16.2. The van der Waals surface area contributed by atoms with E-state index in [0.717, 1.165) is 5.01 Å². The number of aromatic nitrogens is 1. The van der Waals surface area contributed by atoms with Crippen molar-refractivity contribution in [2.24, 2.45) is 0 Å². The van der Waals surface area contributed by atoms with E-state index in [2.05, 4.69) is 10.3 Å². The highest BCUT2D eigenvalue weighted by molar-refractivity contribution is 7.09. The van der Waals surface area contributed by atoms with Gasteiger partial charge in [0, 0.05) is 10.9 Å². The number of benzene rings is 1. The third-order valence-corrected chi connectivity index (χ3v) is 3.60. The van der Waals surface area contributed by atoms with Gasteiger partial charge in [-0.2, -0.15) is 0 Å². The van der Waals surface area contributed by atoms with Gasteiger partial charge < -0.3 is 5.32 Å². The first-order chi connectivity index (χ1) is 8.90. The molecule has 2 rings (SSSR count). The van der Waals surface area contributed by atoms with E-state index >= 15 is 0 Å². The van der Waals surface area contributed by atoms with Gasteiger partial charge >= 0.3 is 0 Å². The molecule has 0 bridgehead atoms. The maximum Gasteiger partial charge on any atom is 0.271 e. The van der Waals surface area contributed by atoms with Crippen molar-refractivity contribution in [1.29, 1.82) is 0 Å². The molecule has 0 spiro atoms. The average molecular weight is 278 g/mol. The molecule has 0 radical (unpaired) electrons. The van der Waals surface area contributed by atoms with Gasteiger partial charge in [-0.05, 0) is 26.8 Å². The van der Waals surface area contributed by atoms with Crippen molar-refractivity contribution in [2.45, 2.75) is 26.3 Å². The number of halogens is 1. The highest BCUT2D eigenvalue weighted by Crippen LogP contribution is 2.23. The average Bonchev–Trinajstić information content (AvgIpc) is 2.76. The number of carbonyl (C=O) groups is 1. The first kappa shape index (κ1) is 13.7. The predicted octanol–water partition coefficient (Wildman–Crippen LogP) is 3.26. The third-order valence-electron chi connectivity index (χ3n) is 2.82. The lowest BCUT2D eigenvalue weighted by atomic mass is 9.93. The van der Waals surface area contributed by atoms with Gasteiger partial charge in [0.05, 0.1) is 10.5 Å². The molecule has 3 nitrogen and oxygen atoms in total. The Morgan fingerprint density at radius 2 is 2.05 bits per heavy atom. The molecule has 0 aliphatic heterocycles. The first-order valence-corrected chi connectivity index (χ1v) is 6.78. The van der Waals surface area contributed by atoms with Crippen LogP contribution < -0.4 is 5.32 Å². The van der Waals surface area contributed by atoms with Crippen LogP contribution in [0.2, 0.25) is 0 Å². The van der Waals surface area contributed by atoms with E-state index in [0.29, 0.717) is 11.3 Å². The summed E-state index contributed by atoms with van der Waals surface area (Å²) in [5, 5.41) is 5.33. The summed E-state index contributed by atoms with van der Waals surface area (Å²) in [6, 6.07) is 6.43. The number of hydrogen-bond donors (Lipinski definition) is 1. The van der Waals surface area contributed by atoms with Crippen molar-refractivity contribution in [2.75, 3.05) is 0 Å². The van der Waals surface area contributed by atoms with E-state index in [-0.39, 0.29) is 11.7 Å². The summed E-state index contributed by atoms with van der Waals surface area (Å²) >= 11 is 1.41. The molecule has 100 valence electrons. The van der Waals surface area contributed by atoms with Crippen LogP contribution in [-0.4, -0.2) is 10.9 Å². The summed E-state index contributed by atoms with van der Waals surface area (Å²) in [6.45, 7) is 5.37. The number of amides is 1. The molecule has 0 saturated carbocycles. The van der Waals surface area contributed by atoms with Crippen LogP contribution >= 0.6 is 11.3 Å². The maximum atomic E-state index is 13.8. The van der Waals surface area contributed by atoms with E-state index in [9.17, 15) is 9.18 Å². The Labute approximate surface area is 115 Å². The normalized spacial score (nSPS) is 11.4. The van der Waals surface area contributed by atoms with Gasteiger partial charge in [0.2, 0.25) is 0 Å². The fourth-order valence-electron chi connectivity index (χ4n) is 1.85. The molecule has 1 heterocycles. The molecule has 1 aromatic carbocycles. The van der Waals surface area contributed by atoms with Crippen LogP contribution in [0.15, 0.2) is 29.6 Å². The molecular formula is C14H15FN2OS. The van der Waals surface area contributed by atoms with Gasteiger partial charge in [-0.3, -0.25) is 4.79 Å². The Morgan fingerprint density at radius 1 is 1.37 bits per heavy atom. The third kappa shape index (κ3) is 2.98. The number of nitrogens with one attached hydrogen (secondary N) is 1. The van der Waals surface area contributed by atoms with E-state index < -0.39 is 5.54 Å². The smallest absolute Gasteiger partial charge is 0.271 e. The number of carbonyl (C=O) groups excluding carboxylic acids is 1. The highest BCUT2D eigenvalue weighted by atomic mass is 32.1. The monoisotopic (exact) mass is 278 g/mol. The largest absolute Gasteiger partial charge is 0.342 e. The fourth-order valence-corrected chi connectivity index (χ4v) is 2.44. The molecule has 1 aromatic heterocycles. The zero-order chi connectivity index (χ0) is 14.0. The molecule has 5 heteroatoms. The van der Waals surface area contributed by atoms with Gasteiger partial charge in [0.1, 0.15) is 11.5 Å². The highest BCUT2D eigenvalue weighted by Gasteiger charge is 2.26. The first-order valence-electron chi connectivity index (χ1n) is 5.90. The fraction of sp³-hybridized carbons (Fsp3) is 0.286. The van der Waals surface area contributed by atoms with Gasteiger partial charge in [-0.15, -0.1) is 11.3 Å². The molecule has 0 atom stereocenters. The number of aryl methyl sites for hydroxylation is 1. The van der Waals surface area contributed by atoms with E-state index in [1.165, 1.54) is 17.4 Å². The standard InChI is InChI=1S/C14H15FN2OS/c1-9-16-12(8-19-9)13(18)17-14(2,3)10-6-4-5-7-11(10)15/h4-8H,1-3H3,(H,17,18). The zero-order valence-electron chi connectivity index (χ0n) is 11.0. The summed E-state index contributed by atoms with van der Waals surface area (Å²) in [5.74, 6) is -0.625. The Bertz CT molecular complexity index is 607. The molecule has 0 fully saturated rings. The summed E-state index contributed by atoms with van der Waals surface area (Å²) in [6.07, 6.45) is 0. The number of thiazole rings is 1. The van der Waals surface area contributed by atoms with E-state index in [1.54, 1.807) is 37.4 Å². The quantitative estimate of drug-likeness (QED) is 0.936. The SMILES string of the molecule is Cc1nc(C(=O)NC(C)(C)c2ccccc2F)cs1. The molecule has 0 aliphatic carbocycles. The van der Waals surface area contributed by atoms with Gasteiger partial charge in [0.25, 0.3) is 5.91 Å². The second-order valence-corrected chi connectivity index (χ2v) is 5.87. The van der Waals surface area contributed by atoms with Crippen molar-refractivity contribution in [3.63, 3.8) is 0 Å². The van der Waals surface area contributed by atoms with Gasteiger partial charge in [-0.25, -0.2) is 9.37 Å². The van der Waals surface area contributed by atoms with E-state index in [1.807, 2.05) is 6.92 Å². The number of nitrogens with zero attached hydrogens (tertiary/aromatic N) is 1. The summed E-state index contributed by atoms with van der Waals surface area (Å²) in [7, 11) is 0. The molecule has 19 heavy (non-hydrogen) atoms. The lowest BCUT2D eigenvalue weighted by Crippen LogP contribution is -2.41. The second-order valence-electron chi connectivity index (χ2n) is 4.81. The minimum atomic E-state index is -0.792. The number of rotatable bonds is 3. The van der Waals surface area contributed by atoms with Gasteiger partial charge in [0.15, 0.2) is 0 Å². The van der Waals surface area contributed by atoms with Crippen LogP contribution in [0, 0.1) is 12.7 Å². The Morgan fingerprint density at radius 3 is 2.63 bits per heavy atom. The molecule has 0 saturated heterocycles. The topological polar surface area (TPSA) is 42.0 Å². The molecule has 1 N–H and O–H groups in total. The Kier molecular flexibility index (Phi) is 3.66. The molecule has 0 unspecified atom stereocenters. The van der Waals surface area contributed by atoms with Crippen LogP contribution in [0.5, 0.6) is 0 Å². The lowest BCUT2D eigenvalue weighted by Gasteiger charge is -2.26. The molecule has 1 amide bonds. The molecular weight excluding hydrogens is 263 g/mol. The van der Waals surface area contributed by atoms with Crippen molar-refractivity contribution in [3.05, 3.63) is 51.7 Å². The summed E-state index contributed by atoms with van der Waals surface area (Å²) < 4.78 is 13.8. The Balaban J connectivity index is 2.22. The van der Waals surface area contributed by atoms with Crippen LogP contribution in [0.3, 0.4) is 0 Å². The second kappa shape index (κ2) is 5.09. The van der Waals surface area contributed by atoms with Crippen LogP contribution in [0.25, 0.3) is 0 Å². The van der Waals surface area contributed by atoms with Crippen molar-refractivity contribution in [1.82, 2.24) is 10.3 Å². The minimum Gasteiger partial charge on any atom is -0.342 e. The molecule has 0 aliphatic rings. The minimum absolute atomic E-state index is 0.294. The lowest BCUT2D eigenvalue weighted by molar-refractivity contribution is 0.0906. The van der Waals surface area contributed by atoms with Crippen LogP contribution in [0.1, 0.15) is 34.9 Å². The van der Waals surface area contributed by atoms with Crippen LogP contribution in [0.4, 0.5) is 4.39 Å².